The molecule has 0 spiro atoms. The van der Waals surface area contributed by atoms with Crippen molar-refractivity contribution in [3.8, 4) is 11.5 Å². The number of hydrogen-bond donors (Lipinski definition) is 3. The highest BCUT2D eigenvalue weighted by atomic mass is 31.2. The lowest BCUT2D eigenvalue weighted by Gasteiger charge is -2.28. The lowest BCUT2D eigenvalue weighted by molar-refractivity contribution is 0.137. The molecule has 4 rings (SSSR count). The van der Waals surface area contributed by atoms with Crippen molar-refractivity contribution in [2.45, 2.75) is 12.4 Å². The summed E-state index contributed by atoms with van der Waals surface area (Å²) in [7, 11) is -4.18. The molecule has 1 unspecified atom stereocenters. The fourth-order valence-electron chi connectivity index (χ4n) is 3.48. The Bertz CT molecular complexity index is 1350. The van der Waals surface area contributed by atoms with Crippen molar-refractivity contribution in [3.63, 3.8) is 0 Å². The summed E-state index contributed by atoms with van der Waals surface area (Å²) in [6.45, 7) is 0.0200. The molecule has 38 heavy (non-hydrogen) atoms. The molecule has 194 valence electrons. The van der Waals surface area contributed by atoms with Crippen LogP contribution >= 0.6 is 7.60 Å². The van der Waals surface area contributed by atoms with Gasteiger partial charge in [-0.2, -0.15) is 0 Å². The zero-order valence-corrected chi connectivity index (χ0v) is 21.2. The predicted molar refractivity (Wildman–Crippen MR) is 146 cm³/mol. The Morgan fingerprint density at radius 1 is 0.763 bits per heavy atom. The summed E-state index contributed by atoms with van der Waals surface area (Å²) in [5, 5.41) is 2.69. The van der Waals surface area contributed by atoms with Gasteiger partial charge in [-0.3, -0.25) is 0 Å². The van der Waals surface area contributed by atoms with Crippen LogP contribution in [0.2, 0.25) is 0 Å². The average Bonchev–Trinajstić information content (AvgIpc) is 2.92. The van der Waals surface area contributed by atoms with E-state index in [1.54, 1.807) is 84.9 Å². The maximum absolute atomic E-state index is 14.5. The van der Waals surface area contributed by atoms with Crippen LogP contribution in [0, 0.1) is 0 Å². The van der Waals surface area contributed by atoms with Gasteiger partial charge in [0, 0.05) is 0 Å². The van der Waals surface area contributed by atoms with E-state index in [-0.39, 0.29) is 12.6 Å². The van der Waals surface area contributed by atoms with Gasteiger partial charge in [0.2, 0.25) is 0 Å². The molecule has 0 fully saturated rings. The molecular formula is C28H27N4O5P. The van der Waals surface area contributed by atoms with Gasteiger partial charge in [0.15, 0.2) is 11.7 Å². The molecule has 0 saturated carbocycles. The number of nitrogens with one attached hydrogen (secondary N) is 1. The summed E-state index contributed by atoms with van der Waals surface area (Å²) in [5.41, 5.74) is 12.7. The SMILES string of the molecule is NC(N)=Nc1ccc(C(NC(=O)OCc2ccccc2)P(=O)(Oc2ccccc2)Oc2ccccc2)cc1. The number of hydrogen-bond acceptors (Lipinski definition) is 6. The Morgan fingerprint density at radius 2 is 1.26 bits per heavy atom. The van der Waals surface area contributed by atoms with Gasteiger partial charge < -0.3 is 30.6 Å². The van der Waals surface area contributed by atoms with Gasteiger partial charge in [0.1, 0.15) is 18.1 Å². The highest BCUT2D eigenvalue weighted by Crippen LogP contribution is 2.59. The van der Waals surface area contributed by atoms with E-state index in [0.29, 0.717) is 22.7 Å². The molecule has 4 aromatic rings. The van der Waals surface area contributed by atoms with Gasteiger partial charge in [-0.15, -0.1) is 0 Å². The highest BCUT2D eigenvalue weighted by molar-refractivity contribution is 7.55. The maximum Gasteiger partial charge on any atom is 0.457 e. The number of alkyl carbamates (subject to hydrolysis) is 1. The lowest BCUT2D eigenvalue weighted by Crippen LogP contribution is -2.31. The van der Waals surface area contributed by atoms with Gasteiger partial charge in [0.05, 0.1) is 5.69 Å². The van der Waals surface area contributed by atoms with Crippen molar-refractivity contribution in [3.05, 3.63) is 126 Å². The van der Waals surface area contributed by atoms with Crippen LogP contribution in [0.25, 0.3) is 0 Å². The molecule has 5 N–H and O–H groups in total. The number of guanidine groups is 1. The topological polar surface area (TPSA) is 138 Å². The number of benzene rings is 4. The molecule has 0 aliphatic carbocycles. The fraction of sp³-hybridized carbons (Fsp3) is 0.0714. The number of carbonyl (C=O) groups is 1. The summed E-state index contributed by atoms with van der Waals surface area (Å²) in [6, 6.07) is 32.8. The minimum Gasteiger partial charge on any atom is -0.445 e. The average molecular weight is 531 g/mol. The predicted octanol–water partition coefficient (Wildman–Crippen LogP) is 5.87. The molecule has 0 aliphatic heterocycles. The van der Waals surface area contributed by atoms with E-state index in [9.17, 15) is 9.36 Å². The third-order valence-electron chi connectivity index (χ3n) is 5.20. The zero-order valence-electron chi connectivity index (χ0n) is 20.3. The molecule has 4 aromatic carbocycles. The number of carbonyl (C=O) groups excluding carboxylic acids is 1. The summed E-state index contributed by atoms with van der Waals surface area (Å²) < 4.78 is 31.9. The molecule has 0 aromatic heterocycles. The normalized spacial score (nSPS) is 11.6. The minimum atomic E-state index is -4.18. The smallest absolute Gasteiger partial charge is 0.445 e. The van der Waals surface area contributed by atoms with E-state index in [2.05, 4.69) is 10.3 Å². The van der Waals surface area contributed by atoms with E-state index in [4.69, 9.17) is 25.3 Å². The number of nitrogens with zero attached hydrogens (tertiary/aromatic N) is 1. The largest absolute Gasteiger partial charge is 0.457 e. The summed E-state index contributed by atoms with van der Waals surface area (Å²) in [5.74, 6) is -0.761. The third kappa shape index (κ3) is 7.38. The maximum atomic E-state index is 14.5. The quantitative estimate of drug-likeness (QED) is 0.132. The number of amides is 1. The van der Waals surface area contributed by atoms with Crippen LogP contribution in [-0.2, 0) is 15.9 Å². The molecule has 0 bridgehead atoms. The Morgan fingerprint density at radius 3 is 1.76 bits per heavy atom. The van der Waals surface area contributed by atoms with Gasteiger partial charge in [-0.1, -0.05) is 78.9 Å². The monoisotopic (exact) mass is 530 g/mol. The molecular weight excluding hydrogens is 503 g/mol. The van der Waals surface area contributed by atoms with Crippen molar-refractivity contribution in [1.82, 2.24) is 5.32 Å². The fourth-order valence-corrected chi connectivity index (χ4v) is 5.36. The van der Waals surface area contributed by atoms with Gasteiger partial charge in [-0.25, -0.2) is 14.4 Å². The van der Waals surface area contributed by atoms with E-state index in [0.717, 1.165) is 5.56 Å². The van der Waals surface area contributed by atoms with Crippen LogP contribution in [0.3, 0.4) is 0 Å². The van der Waals surface area contributed by atoms with E-state index < -0.39 is 19.5 Å². The second-order valence-corrected chi connectivity index (χ2v) is 10.0. The first-order valence-electron chi connectivity index (χ1n) is 11.7. The standard InChI is InChI=1S/C28H27N4O5P/c29-27(30)31-23-18-16-22(17-19-23)26(32-28(33)35-20-21-10-4-1-5-11-21)38(34,36-24-12-6-2-7-13-24)37-25-14-8-3-9-15-25/h1-19,26H,20H2,(H,32,33)(H4,29,30,31). The lowest BCUT2D eigenvalue weighted by atomic mass is 10.2. The molecule has 0 heterocycles. The first kappa shape index (κ1) is 26.3. The Balaban J connectivity index is 1.69. The number of aliphatic imine (C=N–C) groups is 1. The highest BCUT2D eigenvalue weighted by Gasteiger charge is 2.42. The second-order valence-electron chi connectivity index (χ2n) is 8.09. The number of para-hydroxylation sites is 2. The van der Waals surface area contributed by atoms with Crippen LogP contribution in [0.5, 0.6) is 11.5 Å². The number of nitrogens with two attached hydrogens (primary N) is 2. The molecule has 10 heteroatoms. The van der Waals surface area contributed by atoms with Crippen LogP contribution in [0.15, 0.2) is 120 Å². The van der Waals surface area contributed by atoms with Crippen molar-refractivity contribution < 1.29 is 23.1 Å². The Hall–Kier alpha value is -4.75. The molecule has 1 atom stereocenters. The van der Waals surface area contributed by atoms with Gasteiger partial charge in [-0.05, 0) is 47.5 Å². The first-order chi connectivity index (χ1) is 18.4. The molecule has 1 amide bonds. The molecule has 0 saturated heterocycles. The van der Waals surface area contributed by atoms with Crippen molar-refractivity contribution >= 4 is 25.3 Å². The van der Waals surface area contributed by atoms with E-state index >= 15 is 0 Å². The van der Waals surface area contributed by atoms with Crippen LogP contribution < -0.4 is 25.8 Å². The Kier molecular flexibility index (Phi) is 8.64. The Labute approximate surface area is 220 Å². The minimum absolute atomic E-state index is 0.0200. The molecule has 9 nitrogen and oxygen atoms in total. The first-order valence-corrected chi connectivity index (χ1v) is 13.3. The summed E-state index contributed by atoms with van der Waals surface area (Å²) >= 11 is 0. The van der Waals surface area contributed by atoms with Gasteiger partial charge >= 0.3 is 13.7 Å². The summed E-state index contributed by atoms with van der Waals surface area (Å²) in [4.78, 5) is 17.0. The van der Waals surface area contributed by atoms with Crippen LogP contribution in [0.4, 0.5) is 10.5 Å². The number of ether oxygens (including phenoxy) is 1. The zero-order chi connectivity index (χ0) is 26.8. The molecule has 0 aliphatic rings. The van der Waals surface area contributed by atoms with Crippen molar-refractivity contribution in [1.29, 1.82) is 0 Å². The van der Waals surface area contributed by atoms with Crippen LogP contribution in [-0.4, -0.2) is 12.1 Å². The number of rotatable bonds is 10. The third-order valence-corrected chi connectivity index (χ3v) is 7.19. The van der Waals surface area contributed by atoms with Crippen LogP contribution in [0.1, 0.15) is 16.9 Å². The molecule has 0 radical (unpaired) electrons. The van der Waals surface area contributed by atoms with E-state index in [1.165, 1.54) is 0 Å². The second kappa shape index (κ2) is 12.5. The van der Waals surface area contributed by atoms with Crippen molar-refractivity contribution in [2.75, 3.05) is 0 Å². The van der Waals surface area contributed by atoms with E-state index in [1.807, 2.05) is 30.3 Å². The van der Waals surface area contributed by atoms with Gasteiger partial charge in [0.25, 0.3) is 0 Å². The summed E-state index contributed by atoms with van der Waals surface area (Å²) in [6.07, 6.45) is -0.805. The van der Waals surface area contributed by atoms with Crippen molar-refractivity contribution in [2.24, 2.45) is 16.5 Å².